The molecular formula is C21H20N2OS. The second-order valence-corrected chi connectivity index (χ2v) is 8.15. The lowest BCUT2D eigenvalue weighted by Gasteiger charge is -2.40. The van der Waals surface area contributed by atoms with Crippen molar-refractivity contribution in [3.63, 3.8) is 0 Å². The molecule has 0 atom stereocenters. The summed E-state index contributed by atoms with van der Waals surface area (Å²) < 4.78 is 1.09. The molecule has 0 radical (unpaired) electrons. The number of nitrogens with zero attached hydrogens (tertiary/aromatic N) is 2. The summed E-state index contributed by atoms with van der Waals surface area (Å²) in [4.78, 5) is 19.3. The predicted molar refractivity (Wildman–Crippen MR) is 101 cm³/mol. The van der Waals surface area contributed by atoms with Gasteiger partial charge in [0.15, 0.2) is 0 Å². The summed E-state index contributed by atoms with van der Waals surface area (Å²) in [7, 11) is 0. The number of fused-ring (bicyclic) bond motifs is 3. The first-order chi connectivity index (χ1) is 12.3. The molecule has 1 fully saturated rings. The fraction of sp³-hybridized carbons (Fsp3) is 0.333. The van der Waals surface area contributed by atoms with Crippen LogP contribution in [0.5, 0.6) is 0 Å². The van der Waals surface area contributed by atoms with Gasteiger partial charge in [-0.05, 0) is 60.4 Å². The Bertz CT molecular complexity index is 953. The van der Waals surface area contributed by atoms with Crippen molar-refractivity contribution in [1.82, 2.24) is 9.88 Å². The number of hydrogen-bond donors (Lipinski definition) is 0. The zero-order chi connectivity index (χ0) is 16.9. The molecule has 0 saturated carbocycles. The van der Waals surface area contributed by atoms with Gasteiger partial charge >= 0.3 is 0 Å². The summed E-state index contributed by atoms with van der Waals surface area (Å²) >= 11 is 1.59. The second kappa shape index (κ2) is 5.67. The van der Waals surface area contributed by atoms with Crippen LogP contribution in [0.4, 0.5) is 0 Å². The number of benzene rings is 2. The molecule has 1 saturated heterocycles. The normalized spacial score (nSPS) is 18.6. The number of piperidine rings is 1. The molecule has 2 heterocycles. The largest absolute Gasteiger partial charge is 0.339 e. The van der Waals surface area contributed by atoms with Gasteiger partial charge in [-0.25, -0.2) is 4.98 Å². The lowest BCUT2D eigenvalue weighted by molar-refractivity contribution is 0.0666. The van der Waals surface area contributed by atoms with E-state index >= 15 is 0 Å². The van der Waals surface area contributed by atoms with Gasteiger partial charge in [0, 0.05) is 18.7 Å². The summed E-state index contributed by atoms with van der Waals surface area (Å²) in [5.41, 5.74) is 6.95. The highest BCUT2D eigenvalue weighted by molar-refractivity contribution is 7.16. The van der Waals surface area contributed by atoms with E-state index in [-0.39, 0.29) is 5.91 Å². The van der Waals surface area contributed by atoms with Crippen molar-refractivity contribution in [1.29, 1.82) is 0 Å². The standard InChI is InChI=1S/C21H20N2OS/c24-20(16-5-6-18-19(13-16)25-14-22-18)23-11-9-21(10-12-23)8-7-15-3-1-2-4-17(15)21/h1-6,13-14H,7-12H2. The van der Waals surface area contributed by atoms with E-state index in [0.29, 0.717) is 5.41 Å². The zero-order valence-corrected chi connectivity index (χ0v) is 14.9. The first-order valence-corrected chi connectivity index (χ1v) is 9.84. The van der Waals surface area contributed by atoms with Gasteiger partial charge < -0.3 is 4.90 Å². The quantitative estimate of drug-likeness (QED) is 0.652. The molecule has 0 unspecified atom stereocenters. The van der Waals surface area contributed by atoms with Crippen LogP contribution < -0.4 is 0 Å². The molecule has 1 aliphatic carbocycles. The highest BCUT2D eigenvalue weighted by Gasteiger charge is 2.41. The number of thiazole rings is 1. The average molecular weight is 348 g/mol. The van der Waals surface area contributed by atoms with E-state index in [1.54, 1.807) is 11.3 Å². The molecule has 126 valence electrons. The van der Waals surface area contributed by atoms with Crippen molar-refractivity contribution >= 4 is 27.5 Å². The van der Waals surface area contributed by atoms with E-state index in [2.05, 4.69) is 29.2 Å². The minimum absolute atomic E-state index is 0.163. The maximum atomic E-state index is 12.9. The predicted octanol–water partition coefficient (Wildman–Crippen LogP) is 4.42. The molecule has 0 bridgehead atoms. The van der Waals surface area contributed by atoms with Crippen LogP contribution in [0.15, 0.2) is 48.0 Å². The molecule has 2 aromatic carbocycles. The molecule has 1 spiro atoms. The molecule has 3 aromatic rings. The van der Waals surface area contributed by atoms with Crippen LogP contribution in [-0.4, -0.2) is 28.9 Å². The summed E-state index contributed by atoms with van der Waals surface area (Å²) in [5, 5.41) is 0. The van der Waals surface area contributed by atoms with Gasteiger partial charge in [0.25, 0.3) is 5.91 Å². The van der Waals surface area contributed by atoms with Crippen LogP contribution in [0.2, 0.25) is 0 Å². The number of carbonyl (C=O) groups is 1. The number of likely N-dealkylation sites (tertiary alicyclic amines) is 1. The molecule has 1 aliphatic heterocycles. The lowest BCUT2D eigenvalue weighted by Crippen LogP contribution is -2.44. The van der Waals surface area contributed by atoms with Crippen molar-refractivity contribution in [2.45, 2.75) is 31.1 Å². The van der Waals surface area contributed by atoms with Crippen LogP contribution in [0.1, 0.15) is 40.7 Å². The Balaban J connectivity index is 1.36. The second-order valence-electron chi connectivity index (χ2n) is 7.26. The molecule has 1 amide bonds. The van der Waals surface area contributed by atoms with Crippen LogP contribution >= 0.6 is 11.3 Å². The Labute approximate surface area is 151 Å². The first kappa shape index (κ1) is 15.1. The number of aromatic nitrogens is 1. The Morgan fingerprint density at radius 1 is 1.08 bits per heavy atom. The van der Waals surface area contributed by atoms with Crippen molar-refractivity contribution in [2.75, 3.05) is 13.1 Å². The van der Waals surface area contributed by atoms with Gasteiger partial charge in [0.05, 0.1) is 15.7 Å². The summed E-state index contributed by atoms with van der Waals surface area (Å²) in [6.45, 7) is 1.71. The summed E-state index contributed by atoms with van der Waals surface area (Å²) in [6.07, 6.45) is 4.59. The number of carbonyl (C=O) groups excluding carboxylic acids is 1. The molecule has 5 rings (SSSR count). The van der Waals surface area contributed by atoms with E-state index in [1.807, 2.05) is 28.6 Å². The number of hydrogen-bond acceptors (Lipinski definition) is 3. The monoisotopic (exact) mass is 348 g/mol. The Morgan fingerprint density at radius 2 is 1.92 bits per heavy atom. The zero-order valence-electron chi connectivity index (χ0n) is 14.1. The smallest absolute Gasteiger partial charge is 0.253 e. The molecule has 3 nitrogen and oxygen atoms in total. The Kier molecular flexibility index (Phi) is 3.42. The molecular weight excluding hydrogens is 328 g/mol. The van der Waals surface area contributed by atoms with E-state index in [0.717, 1.165) is 41.7 Å². The van der Waals surface area contributed by atoms with Crippen molar-refractivity contribution in [2.24, 2.45) is 0 Å². The third-order valence-corrected chi connectivity index (χ3v) is 6.84. The van der Waals surface area contributed by atoms with Gasteiger partial charge in [-0.1, -0.05) is 24.3 Å². The Morgan fingerprint density at radius 3 is 2.80 bits per heavy atom. The topological polar surface area (TPSA) is 33.2 Å². The van der Waals surface area contributed by atoms with E-state index in [9.17, 15) is 4.79 Å². The van der Waals surface area contributed by atoms with Gasteiger partial charge in [-0.2, -0.15) is 0 Å². The first-order valence-electron chi connectivity index (χ1n) is 8.96. The summed E-state index contributed by atoms with van der Waals surface area (Å²) in [5.74, 6) is 0.163. The van der Waals surface area contributed by atoms with E-state index in [4.69, 9.17) is 0 Å². The van der Waals surface area contributed by atoms with Crippen molar-refractivity contribution in [3.8, 4) is 0 Å². The maximum Gasteiger partial charge on any atom is 0.253 e. The fourth-order valence-corrected chi connectivity index (χ4v) is 5.31. The summed E-state index contributed by atoms with van der Waals surface area (Å²) in [6, 6.07) is 14.7. The minimum atomic E-state index is 0.163. The van der Waals surface area contributed by atoms with Crippen molar-refractivity contribution < 1.29 is 4.79 Å². The highest BCUT2D eigenvalue weighted by atomic mass is 32.1. The third kappa shape index (κ3) is 2.39. The van der Waals surface area contributed by atoms with Crippen molar-refractivity contribution in [3.05, 3.63) is 64.7 Å². The van der Waals surface area contributed by atoms with Gasteiger partial charge in [-0.3, -0.25) is 4.79 Å². The molecule has 0 N–H and O–H groups in total. The molecule has 25 heavy (non-hydrogen) atoms. The SMILES string of the molecule is O=C(c1ccc2ncsc2c1)N1CCC2(CCc3ccccc32)CC1. The fourth-order valence-electron chi connectivity index (χ4n) is 4.59. The number of aryl methyl sites for hydroxylation is 1. The molecule has 1 aromatic heterocycles. The van der Waals surface area contributed by atoms with Gasteiger partial charge in [0.1, 0.15) is 0 Å². The van der Waals surface area contributed by atoms with Crippen LogP contribution in [0.25, 0.3) is 10.2 Å². The van der Waals surface area contributed by atoms with Gasteiger partial charge in [-0.15, -0.1) is 11.3 Å². The highest BCUT2D eigenvalue weighted by Crippen LogP contribution is 2.46. The van der Waals surface area contributed by atoms with E-state index < -0.39 is 0 Å². The number of amides is 1. The number of rotatable bonds is 1. The molecule has 2 aliphatic rings. The maximum absolute atomic E-state index is 12.9. The van der Waals surface area contributed by atoms with Crippen LogP contribution in [0, 0.1) is 0 Å². The lowest BCUT2D eigenvalue weighted by atomic mass is 9.74. The van der Waals surface area contributed by atoms with Crippen LogP contribution in [-0.2, 0) is 11.8 Å². The van der Waals surface area contributed by atoms with E-state index in [1.165, 1.54) is 24.0 Å². The minimum Gasteiger partial charge on any atom is -0.339 e. The third-order valence-electron chi connectivity index (χ3n) is 6.05. The Hall–Kier alpha value is -2.20. The van der Waals surface area contributed by atoms with Gasteiger partial charge in [0.2, 0.25) is 0 Å². The van der Waals surface area contributed by atoms with Crippen LogP contribution in [0.3, 0.4) is 0 Å². The molecule has 4 heteroatoms. The average Bonchev–Trinajstić information content (AvgIpc) is 3.27.